The van der Waals surface area contributed by atoms with Gasteiger partial charge in [0.2, 0.25) is 11.6 Å². The first-order valence-electron chi connectivity index (χ1n) is 11.3. The second-order valence-electron chi connectivity index (χ2n) is 8.20. The number of carboxylic acids is 1. The Hall–Kier alpha value is -4.73. The fourth-order valence-electron chi connectivity index (χ4n) is 4.01. The van der Waals surface area contributed by atoms with Gasteiger partial charge in [-0.15, -0.1) is 0 Å². The molecule has 0 atom stereocenters. The molecule has 3 heterocycles. The van der Waals surface area contributed by atoms with E-state index in [2.05, 4.69) is 25.1 Å². The third kappa shape index (κ3) is 4.88. The number of carbonyl (C=O) groups excluding carboxylic acids is 1. The monoisotopic (exact) mass is 487 g/mol. The van der Waals surface area contributed by atoms with E-state index in [1.165, 1.54) is 6.20 Å². The number of amides is 1. The lowest BCUT2D eigenvalue weighted by Crippen LogP contribution is -2.46. The summed E-state index contributed by atoms with van der Waals surface area (Å²) in [5, 5.41) is 11.8. The van der Waals surface area contributed by atoms with Crippen LogP contribution in [0.25, 0.3) is 11.5 Å². The van der Waals surface area contributed by atoms with Crippen molar-refractivity contribution in [3.63, 3.8) is 0 Å². The third-order valence-electron chi connectivity index (χ3n) is 5.89. The van der Waals surface area contributed by atoms with E-state index in [0.717, 1.165) is 11.5 Å². The number of carboxylic acid groups (broad SMARTS) is 1. The minimum atomic E-state index is -1.05. The molecule has 5 rings (SSSR count). The van der Waals surface area contributed by atoms with E-state index in [-0.39, 0.29) is 11.5 Å². The van der Waals surface area contributed by atoms with E-state index in [9.17, 15) is 19.1 Å². The minimum Gasteiger partial charge on any atom is -0.478 e. The summed E-state index contributed by atoms with van der Waals surface area (Å²) in [7, 11) is 0. The molecule has 0 spiro atoms. The van der Waals surface area contributed by atoms with Crippen LogP contribution in [0.3, 0.4) is 0 Å². The van der Waals surface area contributed by atoms with Gasteiger partial charge in [0.05, 0.1) is 17.4 Å². The molecule has 182 valence electrons. The van der Waals surface area contributed by atoms with Gasteiger partial charge in [0.15, 0.2) is 0 Å². The highest BCUT2D eigenvalue weighted by Gasteiger charge is 2.22. The Morgan fingerprint density at radius 2 is 1.69 bits per heavy atom. The van der Waals surface area contributed by atoms with E-state index in [1.54, 1.807) is 54.6 Å². The quantitative estimate of drug-likeness (QED) is 0.417. The van der Waals surface area contributed by atoms with E-state index >= 15 is 0 Å². The van der Waals surface area contributed by atoms with Crippen LogP contribution in [0.5, 0.6) is 0 Å². The number of nitrogens with zero attached hydrogens (tertiary/aromatic N) is 4. The summed E-state index contributed by atoms with van der Waals surface area (Å²) >= 11 is 0. The van der Waals surface area contributed by atoms with E-state index in [4.69, 9.17) is 4.42 Å². The van der Waals surface area contributed by atoms with Crippen LogP contribution in [0.1, 0.15) is 20.8 Å². The van der Waals surface area contributed by atoms with E-state index < -0.39 is 23.6 Å². The van der Waals surface area contributed by atoms with Gasteiger partial charge in [0.25, 0.3) is 5.91 Å². The van der Waals surface area contributed by atoms with E-state index in [1.807, 2.05) is 12.1 Å². The molecule has 2 aromatic heterocycles. The van der Waals surface area contributed by atoms with Gasteiger partial charge in [-0.25, -0.2) is 14.8 Å². The highest BCUT2D eigenvalue weighted by Crippen LogP contribution is 2.23. The summed E-state index contributed by atoms with van der Waals surface area (Å²) in [5.41, 5.74) is 1.67. The number of benzene rings is 2. The Balaban J connectivity index is 1.20. The fourth-order valence-corrected chi connectivity index (χ4v) is 4.01. The number of oxazole rings is 1. The average molecular weight is 487 g/mol. The van der Waals surface area contributed by atoms with Crippen LogP contribution in [0.2, 0.25) is 0 Å². The van der Waals surface area contributed by atoms with E-state index in [0.29, 0.717) is 37.4 Å². The SMILES string of the molecule is O=C(O)c1cccc(N2CCN(c3ccc(NC(=O)c4nc(-c5ccccc5)oc4F)cn3)CC2)c1. The highest BCUT2D eigenvalue weighted by molar-refractivity contribution is 6.03. The number of hydrogen-bond donors (Lipinski definition) is 2. The average Bonchev–Trinajstić information content (AvgIpc) is 3.31. The maximum atomic E-state index is 14.2. The molecule has 1 saturated heterocycles. The maximum absolute atomic E-state index is 14.2. The van der Waals surface area contributed by atoms with Gasteiger partial charge in [-0.3, -0.25) is 4.79 Å². The zero-order valence-corrected chi connectivity index (χ0v) is 19.1. The summed E-state index contributed by atoms with van der Waals surface area (Å²) in [6.45, 7) is 2.81. The van der Waals surface area contributed by atoms with Crippen molar-refractivity contribution in [3.05, 3.63) is 90.2 Å². The number of pyridine rings is 1. The number of nitrogens with one attached hydrogen (secondary N) is 1. The van der Waals surface area contributed by atoms with Gasteiger partial charge in [-0.05, 0) is 42.5 Å². The zero-order valence-electron chi connectivity index (χ0n) is 19.1. The molecule has 1 fully saturated rings. The van der Waals surface area contributed by atoms with Gasteiger partial charge in [-0.2, -0.15) is 4.39 Å². The lowest BCUT2D eigenvalue weighted by molar-refractivity contribution is 0.0696. The molecular weight excluding hydrogens is 465 g/mol. The molecule has 1 aliphatic heterocycles. The van der Waals surface area contributed by atoms with Crippen LogP contribution < -0.4 is 15.1 Å². The minimum absolute atomic E-state index is 0.0283. The normalized spacial score (nSPS) is 13.5. The number of carbonyl (C=O) groups is 2. The third-order valence-corrected chi connectivity index (χ3v) is 5.89. The van der Waals surface area contributed by atoms with Gasteiger partial charge < -0.3 is 24.6 Å². The molecule has 36 heavy (non-hydrogen) atoms. The number of rotatable bonds is 6. The smallest absolute Gasteiger partial charge is 0.335 e. The van der Waals surface area contributed by atoms with Crippen molar-refractivity contribution < 1.29 is 23.5 Å². The molecule has 0 unspecified atom stereocenters. The first kappa shape index (κ1) is 23.0. The predicted octanol–water partition coefficient (Wildman–Crippen LogP) is 4.15. The maximum Gasteiger partial charge on any atom is 0.335 e. The fraction of sp³-hybridized carbons (Fsp3) is 0.154. The molecule has 1 aliphatic rings. The number of aromatic nitrogens is 2. The molecule has 0 radical (unpaired) electrons. The Morgan fingerprint density at radius 3 is 2.39 bits per heavy atom. The molecule has 2 aromatic carbocycles. The largest absolute Gasteiger partial charge is 0.478 e. The zero-order chi connectivity index (χ0) is 25.1. The lowest BCUT2D eigenvalue weighted by atomic mass is 10.1. The molecular formula is C26H22FN5O4. The second-order valence-corrected chi connectivity index (χ2v) is 8.20. The van der Waals surface area contributed by atoms with Crippen LogP contribution in [0, 0.1) is 6.01 Å². The Labute approximate surface area is 205 Å². The van der Waals surface area contributed by atoms with Crippen molar-refractivity contribution >= 4 is 29.1 Å². The topological polar surface area (TPSA) is 112 Å². The summed E-state index contributed by atoms with van der Waals surface area (Å²) in [6.07, 6.45) is 1.51. The first-order chi connectivity index (χ1) is 17.5. The van der Waals surface area contributed by atoms with Crippen molar-refractivity contribution in [2.24, 2.45) is 0 Å². The summed E-state index contributed by atoms with van der Waals surface area (Å²) < 4.78 is 19.2. The van der Waals surface area contributed by atoms with Gasteiger partial charge in [0, 0.05) is 37.4 Å². The number of halogens is 1. The summed E-state index contributed by atoms with van der Waals surface area (Å²) in [6, 6.07) is 18.1. The Kier molecular flexibility index (Phi) is 6.31. The van der Waals surface area contributed by atoms with Crippen LogP contribution in [-0.4, -0.2) is 53.1 Å². The predicted molar refractivity (Wildman–Crippen MR) is 132 cm³/mol. The molecule has 0 saturated carbocycles. The highest BCUT2D eigenvalue weighted by atomic mass is 19.1. The number of hydrogen-bond acceptors (Lipinski definition) is 7. The molecule has 4 aromatic rings. The number of aromatic carboxylic acids is 1. The molecule has 1 amide bonds. The second kappa shape index (κ2) is 9.87. The van der Waals surface area contributed by atoms with Crippen LogP contribution in [-0.2, 0) is 0 Å². The van der Waals surface area contributed by atoms with Gasteiger partial charge in [0.1, 0.15) is 5.82 Å². The molecule has 9 nitrogen and oxygen atoms in total. The van der Waals surface area contributed by atoms with Crippen molar-refractivity contribution in [3.8, 4) is 11.5 Å². The van der Waals surface area contributed by atoms with Gasteiger partial charge >= 0.3 is 12.0 Å². The van der Waals surface area contributed by atoms with Crippen molar-refractivity contribution in [1.29, 1.82) is 0 Å². The Morgan fingerprint density at radius 1 is 0.944 bits per heavy atom. The molecule has 0 bridgehead atoms. The van der Waals surface area contributed by atoms with Crippen LogP contribution in [0.15, 0.2) is 77.3 Å². The van der Waals surface area contributed by atoms with Gasteiger partial charge in [-0.1, -0.05) is 24.3 Å². The number of piperazine rings is 1. The van der Waals surface area contributed by atoms with Crippen molar-refractivity contribution in [1.82, 2.24) is 9.97 Å². The molecule has 10 heteroatoms. The first-order valence-corrected chi connectivity index (χ1v) is 11.3. The number of anilines is 3. The Bertz CT molecular complexity index is 1380. The standard InChI is InChI=1S/C26H22FN5O4/c27-23-22(30-25(36-23)17-5-2-1-3-6-17)24(33)29-19-9-10-21(28-16-19)32-13-11-31(12-14-32)20-8-4-7-18(15-20)26(34)35/h1-10,15-16H,11-14H2,(H,29,33)(H,34,35). The van der Waals surface area contributed by atoms with Crippen molar-refractivity contribution in [2.75, 3.05) is 41.3 Å². The molecule has 2 N–H and O–H groups in total. The van der Waals surface area contributed by atoms with Crippen LogP contribution in [0.4, 0.5) is 21.6 Å². The lowest BCUT2D eigenvalue weighted by Gasteiger charge is -2.36. The summed E-state index contributed by atoms with van der Waals surface area (Å²) in [4.78, 5) is 36.5. The molecule has 0 aliphatic carbocycles. The van der Waals surface area contributed by atoms with Crippen LogP contribution >= 0.6 is 0 Å². The summed E-state index contributed by atoms with van der Waals surface area (Å²) in [5.74, 6) is -0.911. The van der Waals surface area contributed by atoms with Crippen molar-refractivity contribution in [2.45, 2.75) is 0 Å².